The van der Waals surface area contributed by atoms with Crippen LogP contribution >= 0.6 is 0 Å². The molecular weight excluding hydrogens is 254 g/mol. The van der Waals surface area contributed by atoms with Crippen molar-refractivity contribution in [1.29, 1.82) is 0 Å². The van der Waals surface area contributed by atoms with E-state index in [9.17, 15) is 18.9 Å². The molecule has 0 heterocycles. The number of halogens is 2. The van der Waals surface area contributed by atoms with Crippen molar-refractivity contribution < 1.29 is 13.7 Å². The molecule has 1 fully saturated rings. The molecule has 2 N–H and O–H groups in total. The first-order valence-electron chi connectivity index (χ1n) is 6.16. The number of rotatable bonds is 2. The highest BCUT2D eigenvalue weighted by atomic mass is 19.3. The SMILES string of the molecule is Cc1cccc([N+](=O)[O-])c1C1(N)CCC(F)(F)CC1. The molecule has 1 aromatic rings. The number of nitro groups is 1. The number of hydrogen-bond donors (Lipinski definition) is 1. The summed E-state index contributed by atoms with van der Waals surface area (Å²) in [6.45, 7) is 1.73. The van der Waals surface area contributed by atoms with Crippen LogP contribution in [0, 0.1) is 17.0 Å². The van der Waals surface area contributed by atoms with Gasteiger partial charge < -0.3 is 5.73 Å². The molecule has 0 saturated heterocycles. The fraction of sp³-hybridized carbons (Fsp3) is 0.538. The van der Waals surface area contributed by atoms with Crippen LogP contribution in [0.3, 0.4) is 0 Å². The predicted molar refractivity (Wildman–Crippen MR) is 67.1 cm³/mol. The Morgan fingerprint density at radius 3 is 2.37 bits per heavy atom. The molecule has 1 aliphatic rings. The quantitative estimate of drug-likeness (QED) is 0.662. The third-order valence-corrected chi connectivity index (χ3v) is 3.82. The Morgan fingerprint density at radius 1 is 1.26 bits per heavy atom. The molecular formula is C13H16F2N2O2. The van der Waals surface area contributed by atoms with Crippen LogP contribution in [0.25, 0.3) is 0 Å². The molecule has 0 bridgehead atoms. The van der Waals surface area contributed by atoms with E-state index in [0.717, 1.165) is 0 Å². The van der Waals surface area contributed by atoms with Gasteiger partial charge in [-0.3, -0.25) is 10.1 Å². The van der Waals surface area contributed by atoms with Crippen LogP contribution in [-0.2, 0) is 5.54 Å². The second-order valence-corrected chi connectivity index (χ2v) is 5.24. The third-order valence-electron chi connectivity index (χ3n) is 3.82. The molecule has 19 heavy (non-hydrogen) atoms. The maximum Gasteiger partial charge on any atom is 0.274 e. The molecule has 0 aliphatic heterocycles. The van der Waals surface area contributed by atoms with Crippen LogP contribution < -0.4 is 5.73 Å². The molecule has 4 nitrogen and oxygen atoms in total. The topological polar surface area (TPSA) is 69.2 Å². The normalized spacial score (nSPS) is 21.1. The molecule has 6 heteroatoms. The van der Waals surface area contributed by atoms with Crippen molar-refractivity contribution >= 4 is 5.69 Å². The Morgan fingerprint density at radius 2 is 1.84 bits per heavy atom. The Balaban J connectivity index is 2.44. The summed E-state index contributed by atoms with van der Waals surface area (Å²) in [5, 5.41) is 11.1. The number of nitrogens with zero attached hydrogens (tertiary/aromatic N) is 1. The van der Waals surface area contributed by atoms with Crippen molar-refractivity contribution in [3.05, 3.63) is 39.4 Å². The van der Waals surface area contributed by atoms with E-state index in [1.807, 2.05) is 0 Å². The summed E-state index contributed by atoms with van der Waals surface area (Å²) in [6.07, 6.45) is -0.526. The van der Waals surface area contributed by atoms with E-state index >= 15 is 0 Å². The van der Waals surface area contributed by atoms with Gasteiger partial charge in [0.15, 0.2) is 0 Å². The minimum Gasteiger partial charge on any atom is -0.321 e. The molecule has 0 atom stereocenters. The summed E-state index contributed by atoms with van der Waals surface area (Å²) in [7, 11) is 0. The summed E-state index contributed by atoms with van der Waals surface area (Å²) < 4.78 is 26.5. The average Bonchev–Trinajstić information content (AvgIpc) is 2.33. The maximum atomic E-state index is 13.2. The minimum atomic E-state index is -2.71. The Hall–Kier alpha value is -1.56. The first-order chi connectivity index (χ1) is 8.75. The molecule has 0 spiro atoms. The van der Waals surface area contributed by atoms with E-state index < -0.39 is 16.4 Å². The molecule has 0 unspecified atom stereocenters. The van der Waals surface area contributed by atoms with Gasteiger partial charge in [-0.15, -0.1) is 0 Å². The van der Waals surface area contributed by atoms with E-state index in [-0.39, 0.29) is 31.4 Å². The number of alkyl halides is 2. The van der Waals surface area contributed by atoms with Gasteiger partial charge in [-0.2, -0.15) is 0 Å². The fourth-order valence-electron chi connectivity index (χ4n) is 2.76. The van der Waals surface area contributed by atoms with Gasteiger partial charge in [0.25, 0.3) is 5.69 Å². The van der Waals surface area contributed by atoms with E-state index in [0.29, 0.717) is 11.1 Å². The van der Waals surface area contributed by atoms with E-state index in [2.05, 4.69) is 0 Å². The molecule has 1 aliphatic carbocycles. The zero-order valence-corrected chi connectivity index (χ0v) is 10.7. The van der Waals surface area contributed by atoms with Crippen molar-refractivity contribution in [2.75, 3.05) is 0 Å². The number of nitro benzene ring substituents is 1. The van der Waals surface area contributed by atoms with Crippen LogP contribution in [0.5, 0.6) is 0 Å². The fourth-order valence-corrected chi connectivity index (χ4v) is 2.76. The Labute approximate surface area is 109 Å². The van der Waals surface area contributed by atoms with Gasteiger partial charge in [0.05, 0.1) is 10.5 Å². The van der Waals surface area contributed by atoms with Crippen LogP contribution in [0.1, 0.15) is 36.8 Å². The maximum absolute atomic E-state index is 13.2. The first kappa shape index (κ1) is 13.9. The van der Waals surface area contributed by atoms with Gasteiger partial charge in [-0.25, -0.2) is 8.78 Å². The number of nitrogens with two attached hydrogens (primary N) is 1. The van der Waals surface area contributed by atoms with Crippen LogP contribution in [-0.4, -0.2) is 10.8 Å². The highest BCUT2D eigenvalue weighted by Crippen LogP contribution is 2.45. The smallest absolute Gasteiger partial charge is 0.274 e. The third kappa shape index (κ3) is 2.58. The van der Waals surface area contributed by atoms with Gasteiger partial charge >= 0.3 is 0 Å². The zero-order chi connectivity index (χ0) is 14.3. The molecule has 1 saturated carbocycles. The van der Waals surface area contributed by atoms with Gasteiger partial charge in [0, 0.05) is 24.4 Å². The Kier molecular flexibility index (Phi) is 3.30. The van der Waals surface area contributed by atoms with E-state index in [1.54, 1.807) is 19.1 Å². The molecule has 0 radical (unpaired) electrons. The molecule has 104 valence electrons. The largest absolute Gasteiger partial charge is 0.321 e. The summed E-state index contributed by atoms with van der Waals surface area (Å²) in [4.78, 5) is 10.6. The lowest BCUT2D eigenvalue weighted by Gasteiger charge is -2.37. The van der Waals surface area contributed by atoms with Gasteiger partial charge in [-0.05, 0) is 25.3 Å². The Bertz CT molecular complexity index is 507. The summed E-state index contributed by atoms with van der Waals surface area (Å²) in [6, 6.07) is 4.69. The van der Waals surface area contributed by atoms with Gasteiger partial charge in [-0.1, -0.05) is 12.1 Å². The lowest BCUT2D eigenvalue weighted by Crippen LogP contribution is -2.44. The standard InChI is InChI=1S/C13H16F2N2O2/c1-9-3-2-4-10(17(18)19)11(9)12(16)5-7-13(14,15)8-6-12/h2-4H,5-8,16H2,1H3. The lowest BCUT2D eigenvalue weighted by atomic mass is 9.74. The van der Waals surface area contributed by atoms with E-state index in [4.69, 9.17) is 5.73 Å². The molecule has 2 rings (SSSR count). The van der Waals surface area contributed by atoms with E-state index in [1.165, 1.54) is 6.07 Å². The van der Waals surface area contributed by atoms with Crippen LogP contribution in [0.2, 0.25) is 0 Å². The summed E-state index contributed by atoms with van der Waals surface area (Å²) in [5.74, 6) is -2.71. The average molecular weight is 270 g/mol. The molecule has 0 aromatic heterocycles. The molecule has 1 aromatic carbocycles. The van der Waals surface area contributed by atoms with Crippen molar-refractivity contribution in [2.24, 2.45) is 5.73 Å². The second-order valence-electron chi connectivity index (χ2n) is 5.24. The highest BCUT2D eigenvalue weighted by molar-refractivity contribution is 5.49. The number of hydrogen-bond acceptors (Lipinski definition) is 3. The molecule has 0 amide bonds. The van der Waals surface area contributed by atoms with Crippen molar-refractivity contribution in [2.45, 2.75) is 44.1 Å². The summed E-state index contributed by atoms with van der Waals surface area (Å²) >= 11 is 0. The predicted octanol–water partition coefficient (Wildman–Crippen LogP) is 3.27. The minimum absolute atomic E-state index is 0.0612. The van der Waals surface area contributed by atoms with Gasteiger partial charge in [0.1, 0.15) is 0 Å². The van der Waals surface area contributed by atoms with Gasteiger partial charge in [0.2, 0.25) is 5.92 Å². The van der Waals surface area contributed by atoms with Crippen molar-refractivity contribution in [3.63, 3.8) is 0 Å². The summed E-state index contributed by atoms with van der Waals surface area (Å²) in [5.41, 5.74) is 6.18. The van der Waals surface area contributed by atoms with Crippen molar-refractivity contribution in [1.82, 2.24) is 0 Å². The second kappa shape index (κ2) is 4.52. The van der Waals surface area contributed by atoms with Crippen LogP contribution in [0.4, 0.5) is 14.5 Å². The number of benzene rings is 1. The monoisotopic (exact) mass is 270 g/mol. The number of aryl methyl sites for hydroxylation is 1. The van der Waals surface area contributed by atoms with Crippen molar-refractivity contribution in [3.8, 4) is 0 Å². The van der Waals surface area contributed by atoms with Crippen LogP contribution in [0.15, 0.2) is 18.2 Å². The highest BCUT2D eigenvalue weighted by Gasteiger charge is 2.45. The first-order valence-corrected chi connectivity index (χ1v) is 6.16. The zero-order valence-electron chi connectivity index (χ0n) is 10.7. The lowest BCUT2D eigenvalue weighted by molar-refractivity contribution is -0.386.